The Labute approximate surface area is 120 Å². The number of hydrogen-bond acceptors (Lipinski definition) is 4. The van der Waals surface area contributed by atoms with Gasteiger partial charge in [0.1, 0.15) is 0 Å². The molecule has 6 nitrogen and oxygen atoms in total. The van der Waals surface area contributed by atoms with Crippen LogP contribution in [0.25, 0.3) is 10.4 Å². The zero-order valence-electron chi connectivity index (χ0n) is 11.4. The fraction of sp³-hybridized carbons (Fsp3) is 1.00. The SMILES string of the molecule is [N-]=[N+]=NCCOCCOCCOCCCCCCCl. The normalized spacial score (nSPS) is 10.4. The van der Waals surface area contributed by atoms with Gasteiger partial charge in [0.15, 0.2) is 0 Å². The molecule has 0 aromatic carbocycles. The fourth-order valence-electron chi connectivity index (χ4n) is 1.34. The summed E-state index contributed by atoms with van der Waals surface area (Å²) in [6.45, 7) is 3.84. The third-order valence-electron chi connectivity index (χ3n) is 2.32. The Balaban J connectivity index is 2.93. The first-order valence-corrected chi connectivity index (χ1v) is 7.25. The molecule has 0 saturated heterocycles. The first kappa shape index (κ1) is 18.5. The number of ether oxygens (including phenoxy) is 3. The van der Waals surface area contributed by atoms with Crippen molar-refractivity contribution in [3.05, 3.63) is 10.4 Å². The molecule has 0 unspecified atom stereocenters. The second-order valence-corrected chi connectivity index (χ2v) is 4.27. The monoisotopic (exact) mass is 293 g/mol. The molecule has 0 aliphatic heterocycles. The van der Waals surface area contributed by atoms with Gasteiger partial charge >= 0.3 is 0 Å². The number of unbranched alkanes of at least 4 members (excludes halogenated alkanes) is 3. The minimum absolute atomic E-state index is 0.364. The number of nitrogens with zero attached hydrogens (tertiary/aromatic N) is 3. The lowest BCUT2D eigenvalue weighted by atomic mass is 10.2. The van der Waals surface area contributed by atoms with Crippen molar-refractivity contribution in [2.75, 3.05) is 52.1 Å². The summed E-state index contributed by atoms with van der Waals surface area (Å²) in [4.78, 5) is 2.63. The molecule has 7 heteroatoms. The third kappa shape index (κ3) is 17.5. The molecule has 0 rings (SSSR count). The largest absolute Gasteiger partial charge is 0.379 e. The van der Waals surface area contributed by atoms with Crippen molar-refractivity contribution in [3.63, 3.8) is 0 Å². The first-order valence-electron chi connectivity index (χ1n) is 6.72. The van der Waals surface area contributed by atoms with E-state index in [0.717, 1.165) is 25.3 Å². The van der Waals surface area contributed by atoms with Crippen molar-refractivity contribution in [1.82, 2.24) is 0 Å². The Morgan fingerprint density at radius 1 is 0.789 bits per heavy atom. The van der Waals surface area contributed by atoms with E-state index in [1.807, 2.05) is 0 Å². The van der Waals surface area contributed by atoms with Gasteiger partial charge in [-0.15, -0.1) is 11.6 Å². The summed E-state index contributed by atoms with van der Waals surface area (Å²) in [7, 11) is 0. The van der Waals surface area contributed by atoms with Crippen LogP contribution in [0.2, 0.25) is 0 Å². The van der Waals surface area contributed by atoms with Crippen LogP contribution < -0.4 is 0 Å². The van der Waals surface area contributed by atoms with Crippen LogP contribution in [0.4, 0.5) is 0 Å². The summed E-state index contributed by atoms with van der Waals surface area (Å²) in [6.07, 6.45) is 4.52. The Morgan fingerprint density at radius 3 is 2.00 bits per heavy atom. The van der Waals surface area contributed by atoms with Crippen molar-refractivity contribution >= 4 is 11.6 Å². The highest BCUT2D eigenvalue weighted by molar-refractivity contribution is 6.17. The molecular weight excluding hydrogens is 270 g/mol. The predicted octanol–water partition coefficient (Wildman–Crippen LogP) is 3.15. The lowest BCUT2D eigenvalue weighted by molar-refractivity contribution is 0.0153. The lowest BCUT2D eigenvalue weighted by Crippen LogP contribution is -2.10. The van der Waals surface area contributed by atoms with Crippen LogP contribution in [0.1, 0.15) is 25.7 Å². The highest BCUT2D eigenvalue weighted by Gasteiger charge is 1.92. The molecule has 0 N–H and O–H groups in total. The van der Waals surface area contributed by atoms with Gasteiger partial charge in [-0.25, -0.2) is 0 Å². The maximum Gasteiger partial charge on any atom is 0.0701 e. The highest BCUT2D eigenvalue weighted by atomic mass is 35.5. The van der Waals surface area contributed by atoms with Gasteiger partial charge in [-0.1, -0.05) is 18.0 Å². The molecule has 0 aliphatic carbocycles. The topological polar surface area (TPSA) is 76.5 Å². The van der Waals surface area contributed by atoms with E-state index < -0.39 is 0 Å². The zero-order valence-corrected chi connectivity index (χ0v) is 12.2. The summed E-state index contributed by atoms with van der Waals surface area (Å²) in [5.41, 5.74) is 8.03. The zero-order chi connectivity index (χ0) is 14.0. The number of hydrogen-bond donors (Lipinski definition) is 0. The average molecular weight is 294 g/mol. The van der Waals surface area contributed by atoms with Crippen LogP contribution in [0.5, 0.6) is 0 Å². The van der Waals surface area contributed by atoms with E-state index >= 15 is 0 Å². The van der Waals surface area contributed by atoms with Gasteiger partial charge in [-0.3, -0.25) is 0 Å². The van der Waals surface area contributed by atoms with E-state index in [4.69, 9.17) is 31.3 Å². The van der Waals surface area contributed by atoms with Crippen LogP contribution in [-0.2, 0) is 14.2 Å². The molecule has 0 spiro atoms. The molecule has 0 radical (unpaired) electrons. The lowest BCUT2D eigenvalue weighted by Gasteiger charge is -2.06. The average Bonchev–Trinajstić information content (AvgIpc) is 2.43. The van der Waals surface area contributed by atoms with Gasteiger partial charge in [0.05, 0.1) is 33.0 Å². The maximum atomic E-state index is 8.03. The van der Waals surface area contributed by atoms with Crippen molar-refractivity contribution in [1.29, 1.82) is 0 Å². The fourth-order valence-corrected chi connectivity index (χ4v) is 1.53. The van der Waals surface area contributed by atoms with Crippen molar-refractivity contribution in [3.8, 4) is 0 Å². The summed E-state index contributed by atoms with van der Waals surface area (Å²) in [5, 5.41) is 3.35. The number of azide groups is 1. The summed E-state index contributed by atoms with van der Waals surface area (Å²) in [6, 6.07) is 0. The maximum absolute atomic E-state index is 8.03. The molecule has 0 saturated carbocycles. The minimum atomic E-state index is 0.364. The Hall–Kier alpha value is -0.520. The molecule has 112 valence electrons. The summed E-state index contributed by atoms with van der Waals surface area (Å²) >= 11 is 5.58. The first-order chi connectivity index (χ1) is 9.41. The van der Waals surface area contributed by atoms with Crippen molar-refractivity contribution in [2.24, 2.45) is 5.11 Å². The van der Waals surface area contributed by atoms with E-state index in [1.54, 1.807) is 0 Å². The van der Waals surface area contributed by atoms with Crippen LogP contribution in [0, 0.1) is 0 Å². The Kier molecular flexibility index (Phi) is 17.0. The van der Waals surface area contributed by atoms with Gasteiger partial charge in [-0.05, 0) is 18.4 Å². The standard InChI is InChI=1S/C12H24ClN3O3/c13-5-3-1-2-4-7-17-9-11-19-12-10-18-8-6-15-16-14/h1-12H2. The highest BCUT2D eigenvalue weighted by Crippen LogP contribution is 2.00. The Morgan fingerprint density at radius 2 is 1.37 bits per heavy atom. The molecule has 0 atom stereocenters. The molecule has 0 bridgehead atoms. The van der Waals surface area contributed by atoms with E-state index in [0.29, 0.717) is 39.6 Å². The van der Waals surface area contributed by atoms with Gasteiger partial charge in [0.25, 0.3) is 0 Å². The molecule has 0 fully saturated rings. The van der Waals surface area contributed by atoms with Crippen molar-refractivity contribution < 1.29 is 14.2 Å². The molecule has 0 heterocycles. The molecule has 19 heavy (non-hydrogen) atoms. The van der Waals surface area contributed by atoms with Gasteiger partial charge < -0.3 is 14.2 Å². The Bertz CT molecular complexity index is 226. The molecule has 0 amide bonds. The van der Waals surface area contributed by atoms with E-state index in [-0.39, 0.29) is 0 Å². The van der Waals surface area contributed by atoms with E-state index in [9.17, 15) is 0 Å². The third-order valence-corrected chi connectivity index (χ3v) is 2.58. The molecule has 0 aromatic rings. The number of halogens is 1. The number of alkyl halides is 1. The smallest absolute Gasteiger partial charge is 0.0701 e. The quantitative estimate of drug-likeness (QED) is 0.153. The minimum Gasteiger partial charge on any atom is -0.379 e. The van der Waals surface area contributed by atoms with E-state index in [2.05, 4.69) is 10.0 Å². The molecular formula is C12H24ClN3O3. The summed E-state index contributed by atoms with van der Waals surface area (Å²) < 4.78 is 15.9. The number of rotatable bonds is 15. The van der Waals surface area contributed by atoms with Gasteiger partial charge in [-0.2, -0.15) is 0 Å². The molecule has 0 aromatic heterocycles. The second-order valence-electron chi connectivity index (χ2n) is 3.89. The van der Waals surface area contributed by atoms with Crippen molar-refractivity contribution in [2.45, 2.75) is 25.7 Å². The van der Waals surface area contributed by atoms with Crippen LogP contribution >= 0.6 is 11.6 Å². The van der Waals surface area contributed by atoms with E-state index in [1.165, 1.54) is 12.8 Å². The van der Waals surface area contributed by atoms with Gasteiger partial charge in [0, 0.05) is 23.9 Å². The summed E-state index contributed by atoms with van der Waals surface area (Å²) in [5.74, 6) is 0.750. The van der Waals surface area contributed by atoms with Crippen LogP contribution in [0.3, 0.4) is 0 Å². The second kappa shape index (κ2) is 17.5. The van der Waals surface area contributed by atoms with Gasteiger partial charge in [0.2, 0.25) is 0 Å². The molecule has 0 aliphatic rings. The van der Waals surface area contributed by atoms with Crippen LogP contribution in [0.15, 0.2) is 5.11 Å². The van der Waals surface area contributed by atoms with Crippen LogP contribution in [-0.4, -0.2) is 52.1 Å². The predicted molar refractivity (Wildman–Crippen MR) is 75.7 cm³/mol.